The molecule has 0 bridgehead atoms. The molecule has 0 unspecified atom stereocenters. The normalized spacial score (nSPS) is 14.2. The van der Waals surface area contributed by atoms with Gasteiger partial charge < -0.3 is 10.6 Å². The molecule has 0 atom stereocenters. The quantitative estimate of drug-likeness (QED) is 0.422. The van der Waals surface area contributed by atoms with E-state index in [1.165, 1.54) is 0 Å². The largest absolute Gasteiger partial charge is 0.355 e. The van der Waals surface area contributed by atoms with Gasteiger partial charge in [0.2, 0.25) is 0 Å². The number of nitrogens with zero attached hydrogens (tertiary/aromatic N) is 3. The maximum absolute atomic E-state index is 13.4. The molecule has 5 rings (SSSR count). The molecule has 0 aliphatic carbocycles. The van der Waals surface area contributed by atoms with E-state index in [9.17, 15) is 4.79 Å². The first kappa shape index (κ1) is 19.8. The van der Waals surface area contributed by atoms with Crippen LogP contribution in [0.1, 0.15) is 29.8 Å². The molecule has 1 aliphatic rings. The van der Waals surface area contributed by atoms with Crippen LogP contribution in [-0.4, -0.2) is 15.9 Å². The van der Waals surface area contributed by atoms with Crippen LogP contribution in [0.3, 0.4) is 0 Å². The molecule has 158 valence electrons. The Labute approximate surface area is 187 Å². The highest BCUT2D eigenvalue weighted by atomic mass is 16.2. The fourth-order valence-corrected chi connectivity index (χ4v) is 4.18. The zero-order valence-electron chi connectivity index (χ0n) is 17.9. The molecule has 0 fully saturated rings. The number of anilines is 5. The number of amides is 1. The Balaban J connectivity index is 1.46. The van der Waals surface area contributed by atoms with Gasteiger partial charge in [-0.1, -0.05) is 6.07 Å². The maximum atomic E-state index is 13.4. The number of hydrogen-bond donors (Lipinski definition) is 2. The van der Waals surface area contributed by atoms with E-state index in [0.717, 1.165) is 39.6 Å². The Morgan fingerprint density at radius 2 is 1.31 bits per heavy atom. The second-order valence-electron chi connectivity index (χ2n) is 8.23. The molecule has 0 radical (unpaired) electrons. The number of carbonyl (C=O) groups is 1. The first-order valence-electron chi connectivity index (χ1n) is 10.5. The van der Waals surface area contributed by atoms with Crippen molar-refractivity contribution in [2.45, 2.75) is 19.4 Å². The predicted molar refractivity (Wildman–Crippen MR) is 128 cm³/mol. The van der Waals surface area contributed by atoms with E-state index in [1.54, 1.807) is 24.8 Å². The van der Waals surface area contributed by atoms with Crippen molar-refractivity contribution in [3.05, 3.63) is 103 Å². The Hall–Kier alpha value is -4.19. The van der Waals surface area contributed by atoms with Crippen molar-refractivity contribution in [1.29, 1.82) is 0 Å². The van der Waals surface area contributed by atoms with Crippen molar-refractivity contribution < 1.29 is 4.79 Å². The summed E-state index contributed by atoms with van der Waals surface area (Å²) in [5.41, 5.74) is 5.81. The van der Waals surface area contributed by atoms with Crippen LogP contribution in [0.2, 0.25) is 0 Å². The van der Waals surface area contributed by atoms with Crippen LogP contribution in [0.4, 0.5) is 28.4 Å². The molecular formula is C26H23N5O. The summed E-state index contributed by atoms with van der Waals surface area (Å²) in [6.45, 7) is 4.16. The highest BCUT2D eigenvalue weighted by molar-refractivity contribution is 6.12. The monoisotopic (exact) mass is 421 g/mol. The third-order valence-corrected chi connectivity index (χ3v) is 5.71. The molecule has 0 spiro atoms. The zero-order chi connectivity index (χ0) is 22.1. The second-order valence-corrected chi connectivity index (χ2v) is 8.23. The van der Waals surface area contributed by atoms with Gasteiger partial charge in [0, 0.05) is 58.8 Å². The Kier molecular flexibility index (Phi) is 4.82. The van der Waals surface area contributed by atoms with Crippen LogP contribution in [0.25, 0.3) is 0 Å². The highest BCUT2D eigenvalue weighted by Crippen LogP contribution is 2.43. The van der Waals surface area contributed by atoms with Crippen molar-refractivity contribution in [1.82, 2.24) is 9.97 Å². The first-order chi connectivity index (χ1) is 15.5. The van der Waals surface area contributed by atoms with E-state index in [4.69, 9.17) is 0 Å². The molecule has 3 heterocycles. The molecule has 4 aromatic rings. The summed E-state index contributed by atoms with van der Waals surface area (Å²) in [6.07, 6.45) is 6.98. The molecule has 2 aromatic heterocycles. The summed E-state index contributed by atoms with van der Waals surface area (Å²) in [7, 11) is 0. The predicted octanol–water partition coefficient (Wildman–Crippen LogP) is 5.86. The minimum Gasteiger partial charge on any atom is -0.355 e. The van der Waals surface area contributed by atoms with Crippen molar-refractivity contribution in [2.75, 3.05) is 15.5 Å². The lowest BCUT2D eigenvalue weighted by molar-refractivity contribution is 0.0982. The molecule has 0 saturated carbocycles. The lowest BCUT2D eigenvalue weighted by Crippen LogP contribution is -2.39. The van der Waals surface area contributed by atoms with Crippen molar-refractivity contribution in [3.63, 3.8) is 0 Å². The number of benzene rings is 2. The van der Waals surface area contributed by atoms with Gasteiger partial charge in [-0.25, -0.2) is 0 Å². The van der Waals surface area contributed by atoms with Gasteiger partial charge in [-0.2, -0.15) is 0 Å². The number of nitrogens with one attached hydrogen (secondary N) is 2. The SMILES string of the molecule is CC1(C)c2cc(Nc3ccncc3)ccc2C(=O)N1c1cccc(Nc2ccncc2)c1. The lowest BCUT2D eigenvalue weighted by atomic mass is 9.93. The minimum atomic E-state index is -0.502. The molecule has 1 aliphatic heterocycles. The fraction of sp³-hybridized carbons (Fsp3) is 0.115. The van der Waals surface area contributed by atoms with Gasteiger partial charge in [0.15, 0.2) is 0 Å². The molecule has 1 amide bonds. The van der Waals surface area contributed by atoms with E-state index >= 15 is 0 Å². The van der Waals surface area contributed by atoms with E-state index < -0.39 is 5.54 Å². The van der Waals surface area contributed by atoms with E-state index in [1.807, 2.05) is 65.6 Å². The van der Waals surface area contributed by atoms with Crippen molar-refractivity contribution in [2.24, 2.45) is 0 Å². The Bertz CT molecular complexity index is 1270. The van der Waals surface area contributed by atoms with Gasteiger partial charge in [0.05, 0.1) is 5.54 Å². The summed E-state index contributed by atoms with van der Waals surface area (Å²) < 4.78 is 0. The van der Waals surface area contributed by atoms with Gasteiger partial charge >= 0.3 is 0 Å². The molecule has 2 N–H and O–H groups in total. The number of aromatic nitrogens is 2. The molecule has 32 heavy (non-hydrogen) atoms. The lowest BCUT2D eigenvalue weighted by Gasteiger charge is -2.33. The van der Waals surface area contributed by atoms with Gasteiger partial charge in [0.1, 0.15) is 0 Å². The molecule has 6 nitrogen and oxygen atoms in total. The maximum Gasteiger partial charge on any atom is 0.259 e. The zero-order valence-corrected chi connectivity index (χ0v) is 17.9. The summed E-state index contributed by atoms with van der Waals surface area (Å²) in [5.74, 6) is 0.00141. The topological polar surface area (TPSA) is 70.2 Å². The molecular weight excluding hydrogens is 398 g/mol. The number of pyridine rings is 2. The highest BCUT2D eigenvalue weighted by Gasteiger charge is 2.44. The summed E-state index contributed by atoms with van der Waals surface area (Å²) in [4.78, 5) is 23.4. The summed E-state index contributed by atoms with van der Waals surface area (Å²) in [5, 5.41) is 6.77. The van der Waals surface area contributed by atoms with Crippen LogP contribution in [0, 0.1) is 0 Å². The third kappa shape index (κ3) is 3.56. The van der Waals surface area contributed by atoms with Crippen molar-refractivity contribution in [3.8, 4) is 0 Å². The van der Waals surface area contributed by atoms with E-state index in [2.05, 4.69) is 40.5 Å². The molecule has 2 aromatic carbocycles. The van der Waals surface area contributed by atoms with Crippen LogP contribution in [0.15, 0.2) is 91.5 Å². The second kappa shape index (κ2) is 7.81. The van der Waals surface area contributed by atoms with Gasteiger partial charge in [-0.15, -0.1) is 0 Å². The minimum absolute atomic E-state index is 0.00141. The Morgan fingerprint density at radius 3 is 1.94 bits per heavy atom. The average Bonchev–Trinajstić information content (AvgIpc) is 3.00. The third-order valence-electron chi connectivity index (χ3n) is 5.71. The smallest absolute Gasteiger partial charge is 0.259 e. The summed E-state index contributed by atoms with van der Waals surface area (Å²) >= 11 is 0. The van der Waals surface area contributed by atoms with Crippen LogP contribution < -0.4 is 15.5 Å². The standard InChI is InChI=1S/C26H23N5O/c1-26(2)24-17-21(30-19-10-14-28-15-11-19)6-7-23(24)25(32)31(26)22-5-3-4-20(16-22)29-18-8-12-27-13-9-18/h3-17H,1-2H3,(H,27,29)(H,28,30). The van der Waals surface area contributed by atoms with E-state index in [0.29, 0.717) is 0 Å². The van der Waals surface area contributed by atoms with Crippen LogP contribution in [0.5, 0.6) is 0 Å². The van der Waals surface area contributed by atoms with Crippen molar-refractivity contribution >= 4 is 34.3 Å². The first-order valence-corrected chi connectivity index (χ1v) is 10.5. The molecule has 6 heteroatoms. The van der Waals surface area contributed by atoms with E-state index in [-0.39, 0.29) is 5.91 Å². The van der Waals surface area contributed by atoms with Crippen LogP contribution >= 0.6 is 0 Å². The summed E-state index contributed by atoms with van der Waals surface area (Å²) in [6, 6.07) is 21.5. The van der Waals surface area contributed by atoms with Crippen LogP contribution in [-0.2, 0) is 5.54 Å². The average molecular weight is 422 g/mol. The number of fused-ring (bicyclic) bond motifs is 1. The Morgan fingerprint density at radius 1 is 0.719 bits per heavy atom. The molecule has 0 saturated heterocycles. The number of rotatable bonds is 5. The van der Waals surface area contributed by atoms with Gasteiger partial charge in [-0.05, 0) is 80.1 Å². The number of hydrogen-bond acceptors (Lipinski definition) is 5. The fourth-order valence-electron chi connectivity index (χ4n) is 4.18. The van der Waals surface area contributed by atoms with Gasteiger partial charge in [0.25, 0.3) is 5.91 Å². The van der Waals surface area contributed by atoms with Gasteiger partial charge in [-0.3, -0.25) is 19.7 Å². The number of carbonyl (C=O) groups excluding carboxylic acids is 1.